The van der Waals surface area contributed by atoms with Gasteiger partial charge in [-0.2, -0.15) is 0 Å². The molecule has 1 heterocycles. The highest BCUT2D eigenvalue weighted by Gasteiger charge is 2.25. The molecule has 1 aromatic carbocycles. The van der Waals surface area contributed by atoms with E-state index >= 15 is 0 Å². The number of rotatable bonds is 4. The van der Waals surface area contributed by atoms with Crippen molar-refractivity contribution >= 4 is 12.1 Å². The third kappa shape index (κ3) is 2.89. The van der Waals surface area contributed by atoms with Crippen LogP contribution in [0.2, 0.25) is 0 Å². The number of nitrogens with zero attached hydrogens (tertiary/aromatic N) is 2. The van der Waals surface area contributed by atoms with Gasteiger partial charge in [-0.1, -0.05) is 24.8 Å². The van der Waals surface area contributed by atoms with Gasteiger partial charge in [-0.15, -0.1) is 0 Å². The van der Waals surface area contributed by atoms with Gasteiger partial charge >= 0.3 is 0 Å². The van der Waals surface area contributed by atoms with Crippen LogP contribution < -0.4 is 10.6 Å². The van der Waals surface area contributed by atoms with Crippen molar-refractivity contribution in [2.24, 2.45) is 5.73 Å². The molecule has 1 fully saturated rings. The fraction of sp³-hybridized carbons (Fsp3) is 0.400. The first-order chi connectivity index (χ1) is 9.13. The van der Waals surface area contributed by atoms with E-state index < -0.39 is 0 Å². The predicted molar refractivity (Wildman–Crippen MR) is 77.6 cm³/mol. The summed E-state index contributed by atoms with van der Waals surface area (Å²) < 4.78 is 0. The normalized spacial score (nSPS) is 16.2. The van der Waals surface area contributed by atoms with E-state index in [9.17, 15) is 4.79 Å². The van der Waals surface area contributed by atoms with Crippen LogP contribution in [-0.2, 0) is 4.79 Å². The van der Waals surface area contributed by atoms with Crippen molar-refractivity contribution in [3.05, 3.63) is 42.2 Å². The molecule has 0 aromatic heterocycles. The van der Waals surface area contributed by atoms with Crippen LogP contribution in [0.5, 0.6) is 0 Å². The molecule has 0 radical (unpaired) electrons. The zero-order valence-corrected chi connectivity index (χ0v) is 11.4. The minimum absolute atomic E-state index is 0.315. The quantitative estimate of drug-likeness (QED) is 0.840. The second-order valence-corrected chi connectivity index (χ2v) is 5.02. The van der Waals surface area contributed by atoms with Gasteiger partial charge in [-0.05, 0) is 31.4 Å². The van der Waals surface area contributed by atoms with E-state index in [1.807, 2.05) is 17.0 Å². The van der Waals surface area contributed by atoms with Crippen LogP contribution in [-0.4, -0.2) is 30.4 Å². The maximum atomic E-state index is 10.8. The number of carbonyl (C=O) groups is 1. The topological polar surface area (TPSA) is 49.6 Å². The second kappa shape index (κ2) is 5.78. The van der Waals surface area contributed by atoms with Crippen molar-refractivity contribution in [2.45, 2.75) is 25.8 Å². The summed E-state index contributed by atoms with van der Waals surface area (Å²) in [5.41, 5.74) is 8.28. The molecule has 0 bridgehead atoms. The minimum atomic E-state index is 0.315. The Bertz CT molecular complexity index is 464. The Balaban J connectivity index is 2.20. The number of carbonyl (C=O) groups excluding carboxylic acids is 1. The Morgan fingerprint density at radius 2 is 2.05 bits per heavy atom. The maximum Gasteiger partial charge on any atom is 0.209 e. The van der Waals surface area contributed by atoms with Gasteiger partial charge in [0, 0.05) is 24.8 Å². The van der Waals surface area contributed by atoms with Gasteiger partial charge in [0.2, 0.25) is 6.41 Å². The third-order valence-corrected chi connectivity index (χ3v) is 3.70. The van der Waals surface area contributed by atoms with Gasteiger partial charge in [0.05, 0.1) is 5.82 Å². The number of likely N-dealkylation sites (tertiary alicyclic amines) is 1. The first kappa shape index (κ1) is 13.5. The molecule has 1 amide bonds. The van der Waals surface area contributed by atoms with E-state index in [0.29, 0.717) is 11.9 Å². The zero-order chi connectivity index (χ0) is 13.8. The van der Waals surface area contributed by atoms with E-state index in [2.05, 4.69) is 30.5 Å². The first-order valence-corrected chi connectivity index (χ1v) is 6.62. The zero-order valence-electron chi connectivity index (χ0n) is 11.4. The summed E-state index contributed by atoms with van der Waals surface area (Å²) in [6, 6.07) is 8.49. The third-order valence-electron chi connectivity index (χ3n) is 3.70. The summed E-state index contributed by atoms with van der Waals surface area (Å²) in [6.45, 7) is 7.55. The largest absolute Gasteiger partial charge is 0.386 e. The molecular weight excluding hydrogens is 238 g/mol. The van der Waals surface area contributed by atoms with Crippen LogP contribution >= 0.6 is 0 Å². The molecule has 1 saturated heterocycles. The van der Waals surface area contributed by atoms with Gasteiger partial charge in [-0.3, -0.25) is 4.79 Å². The van der Waals surface area contributed by atoms with Crippen molar-refractivity contribution in [3.63, 3.8) is 0 Å². The molecule has 0 spiro atoms. The fourth-order valence-corrected chi connectivity index (χ4v) is 2.67. The average molecular weight is 259 g/mol. The lowest BCUT2D eigenvalue weighted by Gasteiger charge is -2.39. The monoisotopic (exact) mass is 259 g/mol. The maximum absolute atomic E-state index is 10.8. The van der Waals surface area contributed by atoms with Gasteiger partial charge in [0.25, 0.3) is 0 Å². The van der Waals surface area contributed by atoms with Crippen LogP contribution in [0.3, 0.4) is 0 Å². The van der Waals surface area contributed by atoms with Crippen molar-refractivity contribution in [3.8, 4) is 0 Å². The van der Waals surface area contributed by atoms with Crippen molar-refractivity contribution in [1.29, 1.82) is 0 Å². The van der Waals surface area contributed by atoms with Crippen LogP contribution in [0, 0.1) is 6.92 Å². The van der Waals surface area contributed by atoms with Gasteiger partial charge < -0.3 is 15.5 Å². The average Bonchev–Trinajstić information content (AvgIpc) is 2.42. The lowest BCUT2D eigenvalue weighted by Crippen LogP contribution is -2.45. The Kier molecular flexibility index (Phi) is 4.10. The second-order valence-electron chi connectivity index (χ2n) is 5.02. The van der Waals surface area contributed by atoms with E-state index in [-0.39, 0.29) is 0 Å². The van der Waals surface area contributed by atoms with Gasteiger partial charge in [0.15, 0.2) is 0 Å². The molecule has 2 N–H and O–H groups in total. The highest BCUT2D eigenvalue weighted by molar-refractivity contribution is 5.58. The Hall–Kier alpha value is -1.97. The number of benzene rings is 1. The number of amides is 1. The molecule has 0 aliphatic carbocycles. The molecule has 1 aliphatic heterocycles. The van der Waals surface area contributed by atoms with Gasteiger partial charge in [0.1, 0.15) is 0 Å². The first-order valence-electron chi connectivity index (χ1n) is 6.62. The highest BCUT2D eigenvalue weighted by atomic mass is 16.1. The number of nitrogens with two attached hydrogens (primary N) is 1. The fourth-order valence-electron chi connectivity index (χ4n) is 2.67. The Morgan fingerprint density at radius 1 is 1.42 bits per heavy atom. The molecule has 102 valence electrons. The predicted octanol–water partition coefficient (Wildman–Crippen LogP) is 1.85. The van der Waals surface area contributed by atoms with Crippen molar-refractivity contribution < 1.29 is 4.79 Å². The summed E-state index contributed by atoms with van der Waals surface area (Å²) in [6.07, 6.45) is 2.76. The number of anilines is 1. The molecule has 4 heteroatoms. The van der Waals surface area contributed by atoms with Crippen LogP contribution in [0.1, 0.15) is 18.4 Å². The van der Waals surface area contributed by atoms with Gasteiger partial charge in [-0.25, -0.2) is 0 Å². The number of piperidine rings is 1. The lowest BCUT2D eigenvalue weighted by atomic mass is 10.0. The molecule has 2 rings (SSSR count). The molecule has 0 atom stereocenters. The Morgan fingerprint density at radius 3 is 2.58 bits per heavy atom. The van der Waals surface area contributed by atoms with Crippen LogP contribution in [0.25, 0.3) is 0 Å². The summed E-state index contributed by atoms with van der Waals surface area (Å²) in [5, 5.41) is 0. The Labute approximate surface area is 114 Å². The van der Waals surface area contributed by atoms with Crippen molar-refractivity contribution in [1.82, 2.24) is 4.90 Å². The molecule has 4 nitrogen and oxygen atoms in total. The SMILES string of the molecule is C=C(N)N(c1ccccc1C)C1CCN(C=O)CC1. The highest BCUT2D eigenvalue weighted by Crippen LogP contribution is 2.28. The van der Waals surface area contributed by atoms with E-state index in [0.717, 1.165) is 38.0 Å². The lowest BCUT2D eigenvalue weighted by molar-refractivity contribution is -0.119. The molecular formula is C15H21N3O. The molecule has 0 saturated carbocycles. The summed E-state index contributed by atoms with van der Waals surface area (Å²) in [5.74, 6) is 0.568. The number of hydrogen-bond donors (Lipinski definition) is 1. The molecule has 0 unspecified atom stereocenters. The number of aryl methyl sites for hydroxylation is 1. The molecule has 19 heavy (non-hydrogen) atoms. The molecule has 1 aliphatic rings. The van der Waals surface area contributed by atoms with E-state index in [4.69, 9.17) is 5.73 Å². The summed E-state index contributed by atoms with van der Waals surface area (Å²) in [7, 11) is 0. The number of para-hydroxylation sites is 1. The standard InChI is InChI=1S/C15H21N3O/c1-12-5-3-4-6-15(12)18(13(2)16)14-7-9-17(11-19)10-8-14/h3-6,11,14H,2,7-10,16H2,1H3. The van der Waals surface area contributed by atoms with E-state index in [1.54, 1.807) is 0 Å². The molecule has 1 aromatic rings. The smallest absolute Gasteiger partial charge is 0.209 e. The summed E-state index contributed by atoms with van der Waals surface area (Å²) in [4.78, 5) is 14.7. The number of hydrogen-bond acceptors (Lipinski definition) is 3. The van der Waals surface area contributed by atoms with Crippen LogP contribution in [0.15, 0.2) is 36.7 Å². The van der Waals surface area contributed by atoms with Crippen LogP contribution in [0.4, 0.5) is 5.69 Å². The van der Waals surface area contributed by atoms with E-state index in [1.165, 1.54) is 5.56 Å². The minimum Gasteiger partial charge on any atom is -0.386 e. The summed E-state index contributed by atoms with van der Waals surface area (Å²) >= 11 is 0. The van der Waals surface area contributed by atoms with Crippen molar-refractivity contribution in [2.75, 3.05) is 18.0 Å².